The Morgan fingerprint density at radius 3 is 0.754 bits per heavy atom. The molecule has 1 atom stereocenters. The summed E-state index contributed by atoms with van der Waals surface area (Å²) in [4.78, 5) is 25.1. The Bertz CT molecular complexity index is 784. The highest BCUT2D eigenvalue weighted by molar-refractivity contribution is 5.69. The molecule has 0 saturated heterocycles. The molecule has 0 aliphatic carbocycles. The molecule has 0 N–H and O–H groups in total. The molecule has 0 aromatic rings. The molecule has 0 aromatic carbocycles. The standard InChI is InChI=1S/C52H102O5/c1-4-7-10-13-16-19-22-25-26-27-29-32-35-38-41-44-47-55-50(48-56-51(53)45-42-39-36-33-30-24-21-18-15-12-9-6-3)49-57-52(54)46-43-40-37-34-31-28-23-20-17-14-11-8-5-2/h50H,4-49H2,1-3H3/t50-/m0/s1. The molecule has 0 aliphatic heterocycles. The first kappa shape index (κ1) is 55.9. The maximum Gasteiger partial charge on any atom is 0.305 e. The van der Waals surface area contributed by atoms with Gasteiger partial charge in [-0.05, 0) is 19.3 Å². The van der Waals surface area contributed by atoms with Crippen LogP contribution in [0.15, 0.2) is 0 Å². The van der Waals surface area contributed by atoms with E-state index in [-0.39, 0.29) is 31.3 Å². The molecule has 0 fully saturated rings. The van der Waals surface area contributed by atoms with Gasteiger partial charge in [0.25, 0.3) is 0 Å². The van der Waals surface area contributed by atoms with Gasteiger partial charge < -0.3 is 14.2 Å². The second-order valence-corrected chi connectivity index (χ2v) is 17.8. The number of rotatable bonds is 49. The molecule has 0 heterocycles. The fourth-order valence-electron chi connectivity index (χ4n) is 7.96. The van der Waals surface area contributed by atoms with E-state index in [1.165, 1.54) is 225 Å². The van der Waals surface area contributed by atoms with E-state index in [9.17, 15) is 9.59 Å². The van der Waals surface area contributed by atoms with Crippen molar-refractivity contribution in [2.75, 3.05) is 19.8 Å². The van der Waals surface area contributed by atoms with Crippen molar-refractivity contribution < 1.29 is 23.8 Å². The lowest BCUT2D eigenvalue weighted by atomic mass is 10.0. The van der Waals surface area contributed by atoms with Gasteiger partial charge in [0.15, 0.2) is 0 Å². The van der Waals surface area contributed by atoms with E-state index in [4.69, 9.17) is 14.2 Å². The zero-order valence-corrected chi connectivity index (χ0v) is 39.1. The highest BCUT2D eigenvalue weighted by Crippen LogP contribution is 2.16. The first-order valence-electron chi connectivity index (χ1n) is 26.1. The Hall–Kier alpha value is -1.10. The normalized spacial score (nSPS) is 12.0. The molecule has 57 heavy (non-hydrogen) atoms. The molecule has 0 rings (SSSR count). The van der Waals surface area contributed by atoms with Crippen LogP contribution in [0.25, 0.3) is 0 Å². The second kappa shape index (κ2) is 49.3. The Morgan fingerprint density at radius 1 is 0.298 bits per heavy atom. The summed E-state index contributed by atoms with van der Waals surface area (Å²) in [5, 5.41) is 0. The summed E-state index contributed by atoms with van der Waals surface area (Å²) in [7, 11) is 0. The van der Waals surface area contributed by atoms with Gasteiger partial charge in [-0.25, -0.2) is 0 Å². The van der Waals surface area contributed by atoms with Gasteiger partial charge in [-0.2, -0.15) is 0 Å². The van der Waals surface area contributed by atoms with Crippen LogP contribution in [0.2, 0.25) is 0 Å². The third kappa shape index (κ3) is 47.5. The number of ether oxygens (including phenoxy) is 3. The summed E-state index contributed by atoms with van der Waals surface area (Å²) < 4.78 is 17.4. The molecule has 0 saturated carbocycles. The average molecular weight is 807 g/mol. The monoisotopic (exact) mass is 807 g/mol. The van der Waals surface area contributed by atoms with Crippen LogP contribution in [0.1, 0.15) is 297 Å². The summed E-state index contributed by atoms with van der Waals surface area (Å²) in [6.07, 6.45) is 54.1. The Morgan fingerprint density at radius 2 is 0.509 bits per heavy atom. The highest BCUT2D eigenvalue weighted by atomic mass is 16.6. The molecule has 5 heteroatoms. The topological polar surface area (TPSA) is 61.8 Å². The number of hydrogen-bond acceptors (Lipinski definition) is 5. The molecule has 0 spiro atoms. The van der Waals surface area contributed by atoms with Gasteiger partial charge in [-0.1, -0.05) is 265 Å². The van der Waals surface area contributed by atoms with E-state index in [1.807, 2.05) is 0 Å². The summed E-state index contributed by atoms with van der Waals surface area (Å²) in [6.45, 7) is 7.80. The van der Waals surface area contributed by atoms with Gasteiger partial charge in [0.2, 0.25) is 0 Å². The summed E-state index contributed by atoms with van der Waals surface area (Å²) in [5.41, 5.74) is 0. The SMILES string of the molecule is CCCCCCCCCCCCCCCCCCO[C@@H](COC(=O)CCCCCCCCCCCCCC)COC(=O)CCCCCCCCCCCCCCC. The Labute approximate surface area is 357 Å². The Balaban J connectivity index is 4.18. The molecular formula is C52H102O5. The molecule has 5 nitrogen and oxygen atoms in total. The van der Waals surface area contributed by atoms with Crippen LogP contribution >= 0.6 is 0 Å². The maximum absolute atomic E-state index is 12.6. The minimum absolute atomic E-state index is 0.156. The van der Waals surface area contributed by atoms with Crippen molar-refractivity contribution in [3.05, 3.63) is 0 Å². The lowest BCUT2D eigenvalue weighted by Crippen LogP contribution is -2.29. The van der Waals surface area contributed by atoms with Crippen LogP contribution in [0, 0.1) is 0 Å². The van der Waals surface area contributed by atoms with Crippen LogP contribution in [0.3, 0.4) is 0 Å². The van der Waals surface area contributed by atoms with Crippen LogP contribution in [0.4, 0.5) is 0 Å². The number of hydrogen-bond donors (Lipinski definition) is 0. The van der Waals surface area contributed by atoms with Crippen LogP contribution in [0.5, 0.6) is 0 Å². The third-order valence-corrected chi connectivity index (χ3v) is 11.9. The van der Waals surface area contributed by atoms with Crippen molar-refractivity contribution in [2.45, 2.75) is 303 Å². The summed E-state index contributed by atoms with van der Waals surface area (Å²) in [6, 6.07) is 0. The van der Waals surface area contributed by atoms with Crippen LogP contribution in [-0.2, 0) is 23.8 Å². The zero-order chi connectivity index (χ0) is 41.4. The van der Waals surface area contributed by atoms with Crippen molar-refractivity contribution in [3.63, 3.8) is 0 Å². The minimum atomic E-state index is -0.386. The molecule has 340 valence electrons. The predicted octanol–water partition coefficient (Wildman–Crippen LogP) is 17.3. The fraction of sp³-hybridized carbons (Fsp3) is 0.962. The van der Waals surface area contributed by atoms with Gasteiger partial charge in [0.05, 0.1) is 0 Å². The van der Waals surface area contributed by atoms with Crippen LogP contribution in [-0.4, -0.2) is 37.9 Å². The van der Waals surface area contributed by atoms with E-state index >= 15 is 0 Å². The minimum Gasteiger partial charge on any atom is -0.463 e. The Kier molecular flexibility index (Phi) is 48.3. The van der Waals surface area contributed by atoms with Gasteiger partial charge >= 0.3 is 11.9 Å². The number of unbranched alkanes of at least 4 members (excludes halogenated alkanes) is 38. The number of esters is 2. The smallest absolute Gasteiger partial charge is 0.305 e. The molecule has 0 unspecified atom stereocenters. The van der Waals surface area contributed by atoms with Crippen LogP contribution < -0.4 is 0 Å². The van der Waals surface area contributed by atoms with Crippen molar-refractivity contribution in [1.29, 1.82) is 0 Å². The van der Waals surface area contributed by atoms with Crippen molar-refractivity contribution in [3.8, 4) is 0 Å². The molecular weight excluding hydrogens is 705 g/mol. The van der Waals surface area contributed by atoms with E-state index in [0.717, 1.165) is 38.5 Å². The van der Waals surface area contributed by atoms with Gasteiger partial charge in [0, 0.05) is 19.4 Å². The van der Waals surface area contributed by atoms with Gasteiger partial charge in [-0.15, -0.1) is 0 Å². The molecule has 0 aliphatic rings. The lowest BCUT2D eigenvalue weighted by molar-refractivity contribution is -0.155. The summed E-state index contributed by atoms with van der Waals surface area (Å²) in [5.74, 6) is -0.312. The lowest BCUT2D eigenvalue weighted by Gasteiger charge is -2.18. The third-order valence-electron chi connectivity index (χ3n) is 11.9. The second-order valence-electron chi connectivity index (χ2n) is 17.8. The van der Waals surface area contributed by atoms with Crippen molar-refractivity contribution in [1.82, 2.24) is 0 Å². The molecule has 0 radical (unpaired) electrons. The van der Waals surface area contributed by atoms with Crippen molar-refractivity contribution >= 4 is 11.9 Å². The fourth-order valence-corrected chi connectivity index (χ4v) is 7.96. The maximum atomic E-state index is 12.6. The molecule has 0 aromatic heterocycles. The quantitative estimate of drug-likeness (QED) is 0.0453. The molecule has 0 amide bonds. The average Bonchev–Trinajstić information content (AvgIpc) is 3.21. The zero-order valence-electron chi connectivity index (χ0n) is 39.1. The first-order valence-corrected chi connectivity index (χ1v) is 26.1. The summed E-state index contributed by atoms with van der Waals surface area (Å²) >= 11 is 0. The number of carbonyl (C=O) groups is 2. The van der Waals surface area contributed by atoms with Gasteiger partial charge in [0.1, 0.15) is 19.3 Å². The number of carbonyl (C=O) groups excluding carboxylic acids is 2. The van der Waals surface area contributed by atoms with E-state index in [0.29, 0.717) is 19.4 Å². The predicted molar refractivity (Wildman–Crippen MR) is 247 cm³/mol. The van der Waals surface area contributed by atoms with E-state index in [1.54, 1.807) is 0 Å². The van der Waals surface area contributed by atoms with Gasteiger partial charge in [-0.3, -0.25) is 9.59 Å². The van der Waals surface area contributed by atoms with Crippen molar-refractivity contribution in [2.24, 2.45) is 0 Å². The highest BCUT2D eigenvalue weighted by Gasteiger charge is 2.16. The first-order chi connectivity index (χ1) is 28.1. The van der Waals surface area contributed by atoms with E-state index < -0.39 is 0 Å². The molecule has 0 bridgehead atoms. The largest absolute Gasteiger partial charge is 0.463 e. The van der Waals surface area contributed by atoms with E-state index in [2.05, 4.69) is 20.8 Å².